The Bertz CT molecular complexity index is 662. The largest absolute Gasteiger partial charge is 0.392 e. The molecule has 1 amide bonds. The van der Waals surface area contributed by atoms with E-state index in [1.807, 2.05) is 0 Å². The summed E-state index contributed by atoms with van der Waals surface area (Å²) in [6.45, 7) is -0.171. The molecule has 0 spiro atoms. The standard InChI is InChI=1S/C14H10ClF2NO2/c15-11-6-13(17)12(16)5-10(11)14(20)18-9-3-1-2-8(4-9)7-19/h1-6,19H,7H2,(H,18,20). The van der Waals surface area contributed by atoms with Gasteiger partial charge < -0.3 is 10.4 Å². The zero-order valence-corrected chi connectivity index (χ0v) is 10.9. The zero-order valence-electron chi connectivity index (χ0n) is 10.2. The monoisotopic (exact) mass is 297 g/mol. The van der Waals surface area contributed by atoms with Gasteiger partial charge in [-0.05, 0) is 29.8 Å². The summed E-state index contributed by atoms with van der Waals surface area (Å²) in [6.07, 6.45) is 0. The number of rotatable bonds is 3. The molecule has 0 aliphatic carbocycles. The quantitative estimate of drug-likeness (QED) is 0.854. The molecule has 6 heteroatoms. The summed E-state index contributed by atoms with van der Waals surface area (Å²) in [5.74, 6) is -2.93. The van der Waals surface area contributed by atoms with E-state index in [-0.39, 0.29) is 17.2 Å². The summed E-state index contributed by atoms with van der Waals surface area (Å²) >= 11 is 5.71. The molecular formula is C14H10ClF2NO2. The second kappa shape index (κ2) is 5.98. The van der Waals surface area contributed by atoms with Gasteiger partial charge in [-0.15, -0.1) is 0 Å². The molecule has 2 rings (SSSR count). The first-order valence-electron chi connectivity index (χ1n) is 5.67. The first kappa shape index (κ1) is 14.4. The summed E-state index contributed by atoms with van der Waals surface area (Å²) in [7, 11) is 0. The molecule has 20 heavy (non-hydrogen) atoms. The summed E-state index contributed by atoms with van der Waals surface area (Å²) in [5, 5.41) is 11.3. The average molecular weight is 298 g/mol. The van der Waals surface area contributed by atoms with Gasteiger partial charge in [-0.25, -0.2) is 8.78 Å². The van der Waals surface area contributed by atoms with Gasteiger partial charge in [0.15, 0.2) is 11.6 Å². The van der Waals surface area contributed by atoms with Crippen LogP contribution in [0.4, 0.5) is 14.5 Å². The summed E-state index contributed by atoms with van der Waals surface area (Å²) in [5.41, 5.74) is 0.863. The molecule has 0 aromatic heterocycles. The van der Waals surface area contributed by atoms with Crippen LogP contribution in [-0.4, -0.2) is 11.0 Å². The highest BCUT2D eigenvalue weighted by molar-refractivity contribution is 6.34. The number of anilines is 1. The molecule has 0 bridgehead atoms. The van der Waals surface area contributed by atoms with Gasteiger partial charge in [0, 0.05) is 5.69 Å². The first-order valence-corrected chi connectivity index (χ1v) is 6.04. The average Bonchev–Trinajstić information content (AvgIpc) is 2.43. The molecule has 0 atom stereocenters. The SMILES string of the molecule is O=C(Nc1cccc(CO)c1)c1cc(F)c(F)cc1Cl. The van der Waals surface area contributed by atoms with E-state index in [1.165, 1.54) is 0 Å². The Balaban J connectivity index is 2.26. The fourth-order valence-electron chi connectivity index (χ4n) is 1.64. The molecule has 3 nitrogen and oxygen atoms in total. The van der Waals surface area contributed by atoms with Crippen molar-refractivity contribution >= 4 is 23.2 Å². The second-order valence-corrected chi connectivity index (χ2v) is 4.47. The minimum atomic E-state index is -1.15. The van der Waals surface area contributed by atoms with E-state index in [1.54, 1.807) is 24.3 Å². The van der Waals surface area contributed by atoms with Crippen molar-refractivity contribution in [2.45, 2.75) is 6.61 Å². The molecule has 104 valence electrons. The van der Waals surface area contributed by atoms with Crippen LogP contribution in [0.5, 0.6) is 0 Å². The Morgan fingerprint density at radius 3 is 2.60 bits per heavy atom. The molecule has 0 aliphatic heterocycles. The van der Waals surface area contributed by atoms with Crippen molar-refractivity contribution in [3.05, 3.63) is 64.2 Å². The van der Waals surface area contributed by atoms with E-state index < -0.39 is 17.5 Å². The molecule has 0 aliphatic rings. The maximum absolute atomic E-state index is 13.1. The maximum Gasteiger partial charge on any atom is 0.257 e. The molecule has 0 radical (unpaired) electrons. The van der Waals surface area contributed by atoms with Crippen molar-refractivity contribution in [3.63, 3.8) is 0 Å². The number of halogens is 3. The van der Waals surface area contributed by atoms with E-state index in [9.17, 15) is 13.6 Å². The maximum atomic E-state index is 13.1. The summed E-state index contributed by atoms with van der Waals surface area (Å²) in [4.78, 5) is 12.0. The summed E-state index contributed by atoms with van der Waals surface area (Å²) in [6, 6.07) is 7.98. The fourth-order valence-corrected chi connectivity index (χ4v) is 1.88. The number of carbonyl (C=O) groups excluding carboxylic acids is 1. The van der Waals surface area contributed by atoms with Crippen molar-refractivity contribution in [2.24, 2.45) is 0 Å². The Hall–Kier alpha value is -1.98. The highest BCUT2D eigenvalue weighted by Crippen LogP contribution is 2.21. The van der Waals surface area contributed by atoms with E-state index in [0.29, 0.717) is 11.3 Å². The molecule has 0 saturated heterocycles. The minimum absolute atomic E-state index is 0.167. The van der Waals surface area contributed by atoms with Gasteiger partial charge in [-0.3, -0.25) is 4.79 Å². The lowest BCUT2D eigenvalue weighted by Crippen LogP contribution is -2.13. The lowest BCUT2D eigenvalue weighted by molar-refractivity contribution is 0.102. The Morgan fingerprint density at radius 1 is 1.20 bits per heavy atom. The number of hydrogen-bond donors (Lipinski definition) is 2. The lowest BCUT2D eigenvalue weighted by atomic mass is 10.1. The highest BCUT2D eigenvalue weighted by Gasteiger charge is 2.15. The number of aliphatic hydroxyl groups is 1. The smallest absolute Gasteiger partial charge is 0.257 e. The van der Waals surface area contributed by atoms with Crippen molar-refractivity contribution in [2.75, 3.05) is 5.32 Å². The number of aliphatic hydroxyl groups excluding tert-OH is 1. The van der Waals surface area contributed by atoms with Crippen molar-refractivity contribution < 1.29 is 18.7 Å². The number of benzene rings is 2. The van der Waals surface area contributed by atoms with E-state index in [0.717, 1.165) is 12.1 Å². The number of carbonyl (C=O) groups is 1. The Morgan fingerprint density at radius 2 is 1.90 bits per heavy atom. The van der Waals surface area contributed by atoms with Gasteiger partial charge in [-0.1, -0.05) is 23.7 Å². The molecule has 2 aromatic carbocycles. The van der Waals surface area contributed by atoms with Gasteiger partial charge in [0.1, 0.15) is 0 Å². The third-order valence-electron chi connectivity index (χ3n) is 2.62. The van der Waals surface area contributed by atoms with Crippen LogP contribution in [-0.2, 0) is 6.61 Å². The van der Waals surface area contributed by atoms with Crippen molar-refractivity contribution in [1.29, 1.82) is 0 Å². The predicted octanol–water partition coefficient (Wildman–Crippen LogP) is 3.36. The molecule has 0 saturated carbocycles. The predicted molar refractivity (Wildman–Crippen MR) is 71.7 cm³/mol. The van der Waals surface area contributed by atoms with Gasteiger partial charge in [0.2, 0.25) is 0 Å². The third-order valence-corrected chi connectivity index (χ3v) is 2.93. The topological polar surface area (TPSA) is 49.3 Å². The van der Waals surface area contributed by atoms with Gasteiger partial charge in [-0.2, -0.15) is 0 Å². The number of hydrogen-bond acceptors (Lipinski definition) is 2. The number of amides is 1. The van der Waals surface area contributed by atoms with Crippen molar-refractivity contribution in [3.8, 4) is 0 Å². The van der Waals surface area contributed by atoms with Gasteiger partial charge >= 0.3 is 0 Å². The van der Waals surface area contributed by atoms with Crippen LogP contribution in [0.3, 0.4) is 0 Å². The highest BCUT2D eigenvalue weighted by atomic mass is 35.5. The molecule has 2 aromatic rings. The van der Waals surface area contributed by atoms with Crippen LogP contribution in [0.1, 0.15) is 15.9 Å². The van der Waals surface area contributed by atoms with Crippen LogP contribution in [0.15, 0.2) is 36.4 Å². The molecule has 0 heterocycles. The van der Waals surface area contributed by atoms with Crippen LogP contribution >= 0.6 is 11.6 Å². The minimum Gasteiger partial charge on any atom is -0.392 e. The zero-order chi connectivity index (χ0) is 14.7. The number of nitrogens with one attached hydrogen (secondary N) is 1. The fraction of sp³-hybridized carbons (Fsp3) is 0.0714. The second-order valence-electron chi connectivity index (χ2n) is 4.06. The van der Waals surface area contributed by atoms with Gasteiger partial charge in [0.25, 0.3) is 5.91 Å². The van der Waals surface area contributed by atoms with E-state index in [2.05, 4.69) is 5.32 Å². The third kappa shape index (κ3) is 3.12. The van der Waals surface area contributed by atoms with Crippen molar-refractivity contribution in [1.82, 2.24) is 0 Å². The van der Waals surface area contributed by atoms with Crippen LogP contribution in [0.2, 0.25) is 5.02 Å². The molecule has 0 fully saturated rings. The molecule has 0 unspecified atom stereocenters. The van der Waals surface area contributed by atoms with E-state index >= 15 is 0 Å². The molecule has 2 N–H and O–H groups in total. The summed E-state index contributed by atoms with van der Waals surface area (Å²) < 4.78 is 26.1. The van der Waals surface area contributed by atoms with E-state index in [4.69, 9.17) is 16.7 Å². The lowest BCUT2D eigenvalue weighted by Gasteiger charge is -2.08. The van der Waals surface area contributed by atoms with Crippen LogP contribution in [0, 0.1) is 11.6 Å². The van der Waals surface area contributed by atoms with Gasteiger partial charge in [0.05, 0.1) is 17.2 Å². The first-order chi connectivity index (χ1) is 9.51. The van der Waals surface area contributed by atoms with Crippen LogP contribution in [0.25, 0.3) is 0 Å². The Kier molecular flexibility index (Phi) is 4.32. The molecular weight excluding hydrogens is 288 g/mol. The van der Waals surface area contributed by atoms with Crippen LogP contribution < -0.4 is 5.32 Å². The Labute approximate surface area is 118 Å². The normalized spacial score (nSPS) is 10.4.